The van der Waals surface area contributed by atoms with Crippen LogP contribution < -0.4 is 10.6 Å². The molecule has 1 aromatic rings. The van der Waals surface area contributed by atoms with Crippen molar-refractivity contribution < 1.29 is 4.79 Å². The second-order valence-corrected chi connectivity index (χ2v) is 5.12. The lowest BCUT2D eigenvalue weighted by atomic mass is 10.4. The van der Waals surface area contributed by atoms with Gasteiger partial charge in [0.05, 0.1) is 0 Å². The minimum absolute atomic E-state index is 0.253. The lowest BCUT2D eigenvalue weighted by Crippen LogP contribution is -2.31. The van der Waals surface area contributed by atoms with Crippen LogP contribution in [0.1, 0.15) is 6.42 Å². The van der Waals surface area contributed by atoms with E-state index >= 15 is 0 Å². The number of nitrogens with zero attached hydrogens (tertiary/aromatic N) is 2. The van der Waals surface area contributed by atoms with E-state index in [1.807, 2.05) is 14.1 Å². The predicted octanol–water partition coefficient (Wildman–Crippen LogP) is 1.27. The highest BCUT2D eigenvalue weighted by Crippen LogP contribution is 2.09. The summed E-state index contributed by atoms with van der Waals surface area (Å²) in [7, 11) is 3.99. The maximum atomic E-state index is 11.3. The zero-order valence-corrected chi connectivity index (χ0v) is 10.9. The van der Waals surface area contributed by atoms with E-state index in [2.05, 4.69) is 25.7 Å². The number of anilines is 1. The van der Waals surface area contributed by atoms with Crippen LogP contribution in [0.2, 0.25) is 0 Å². The van der Waals surface area contributed by atoms with Gasteiger partial charge >= 0.3 is 6.03 Å². The Morgan fingerprint density at radius 3 is 2.94 bits per heavy atom. The van der Waals surface area contributed by atoms with Gasteiger partial charge in [0.25, 0.3) is 0 Å². The van der Waals surface area contributed by atoms with Crippen molar-refractivity contribution in [3.05, 3.63) is 3.95 Å². The van der Waals surface area contributed by atoms with Crippen LogP contribution >= 0.6 is 23.6 Å². The minimum atomic E-state index is -0.253. The smallest absolute Gasteiger partial charge is 0.321 e. The maximum Gasteiger partial charge on any atom is 0.321 e. The fourth-order valence-corrected chi connectivity index (χ4v) is 1.81. The van der Waals surface area contributed by atoms with E-state index < -0.39 is 0 Å². The largest absolute Gasteiger partial charge is 0.338 e. The number of carbonyl (C=O) groups is 1. The van der Waals surface area contributed by atoms with E-state index in [1.165, 1.54) is 11.3 Å². The number of rotatable bonds is 5. The molecule has 0 radical (unpaired) electrons. The van der Waals surface area contributed by atoms with Crippen molar-refractivity contribution in [2.24, 2.45) is 0 Å². The zero-order chi connectivity index (χ0) is 12.0. The molecule has 0 fully saturated rings. The Labute approximate surface area is 103 Å². The Morgan fingerprint density at radius 2 is 2.38 bits per heavy atom. The number of nitrogens with one attached hydrogen (secondary N) is 3. The highest BCUT2D eigenvalue weighted by molar-refractivity contribution is 7.73. The van der Waals surface area contributed by atoms with Crippen molar-refractivity contribution in [3.63, 3.8) is 0 Å². The van der Waals surface area contributed by atoms with Crippen molar-refractivity contribution >= 4 is 34.7 Å². The van der Waals surface area contributed by atoms with Gasteiger partial charge in [0.2, 0.25) is 5.13 Å². The minimum Gasteiger partial charge on any atom is -0.338 e. The summed E-state index contributed by atoms with van der Waals surface area (Å²) in [4.78, 5) is 13.4. The molecule has 0 aromatic carbocycles. The number of hydrogen-bond donors (Lipinski definition) is 3. The fourth-order valence-electron chi connectivity index (χ4n) is 1.02. The highest BCUT2D eigenvalue weighted by atomic mass is 32.1. The highest BCUT2D eigenvalue weighted by Gasteiger charge is 2.03. The summed E-state index contributed by atoms with van der Waals surface area (Å²) < 4.78 is 0.544. The van der Waals surface area contributed by atoms with Crippen molar-refractivity contribution in [1.82, 2.24) is 20.4 Å². The van der Waals surface area contributed by atoms with E-state index in [-0.39, 0.29) is 6.03 Å². The Morgan fingerprint density at radius 1 is 1.62 bits per heavy atom. The number of hydrogen-bond acceptors (Lipinski definition) is 5. The molecule has 90 valence electrons. The Hall–Kier alpha value is -0.990. The van der Waals surface area contributed by atoms with E-state index in [0.29, 0.717) is 15.6 Å². The summed E-state index contributed by atoms with van der Waals surface area (Å²) in [5.41, 5.74) is 0. The molecular formula is C8H15N5OS2. The predicted molar refractivity (Wildman–Crippen MR) is 67.5 cm³/mol. The van der Waals surface area contributed by atoms with Crippen LogP contribution in [0, 0.1) is 3.95 Å². The number of aromatic nitrogens is 2. The van der Waals surface area contributed by atoms with Gasteiger partial charge in [0.1, 0.15) is 0 Å². The first kappa shape index (κ1) is 13.1. The standard InChI is InChI=1S/C8H15N5OS2/c1-13(2)5-3-4-9-6(14)10-7-11-12-8(15)16-7/h3-5H2,1-2H3,(H,12,15)(H2,9,10,11,14). The average Bonchev–Trinajstić information content (AvgIpc) is 2.58. The van der Waals surface area contributed by atoms with E-state index in [0.717, 1.165) is 13.0 Å². The van der Waals surface area contributed by atoms with Crippen LogP contribution in [0.15, 0.2) is 0 Å². The SMILES string of the molecule is CN(C)CCCNC(=O)Nc1n[nH]c(=S)s1. The van der Waals surface area contributed by atoms with Gasteiger partial charge in [-0.3, -0.25) is 10.4 Å². The van der Waals surface area contributed by atoms with Crippen molar-refractivity contribution in [1.29, 1.82) is 0 Å². The zero-order valence-electron chi connectivity index (χ0n) is 9.24. The molecule has 0 saturated heterocycles. The van der Waals surface area contributed by atoms with Crippen LogP contribution in [0.3, 0.4) is 0 Å². The molecular weight excluding hydrogens is 246 g/mol. The molecule has 0 bridgehead atoms. The van der Waals surface area contributed by atoms with Gasteiger partial charge in [-0.2, -0.15) is 0 Å². The molecule has 3 N–H and O–H groups in total. The molecule has 1 rings (SSSR count). The second-order valence-electron chi connectivity index (χ2n) is 3.46. The van der Waals surface area contributed by atoms with Crippen LogP contribution in [-0.2, 0) is 0 Å². The first-order valence-electron chi connectivity index (χ1n) is 4.83. The lowest BCUT2D eigenvalue weighted by Gasteiger charge is -2.09. The number of H-pyrrole nitrogens is 1. The molecule has 6 nitrogen and oxygen atoms in total. The van der Waals surface area contributed by atoms with Crippen LogP contribution in [0.5, 0.6) is 0 Å². The van der Waals surface area contributed by atoms with Crippen molar-refractivity contribution in [3.8, 4) is 0 Å². The van der Waals surface area contributed by atoms with E-state index in [1.54, 1.807) is 0 Å². The second kappa shape index (κ2) is 6.56. The third-order valence-corrected chi connectivity index (χ3v) is 2.73. The summed E-state index contributed by atoms with van der Waals surface area (Å²) in [6.45, 7) is 1.58. The molecule has 8 heteroatoms. The first-order valence-corrected chi connectivity index (χ1v) is 6.05. The third kappa shape index (κ3) is 5.19. The van der Waals surface area contributed by atoms with Crippen molar-refractivity contribution in [2.45, 2.75) is 6.42 Å². The van der Waals surface area contributed by atoms with E-state index in [4.69, 9.17) is 12.2 Å². The molecule has 1 heterocycles. The molecule has 0 aliphatic carbocycles. The van der Waals surface area contributed by atoms with Gasteiger partial charge in [-0.1, -0.05) is 11.3 Å². The summed E-state index contributed by atoms with van der Waals surface area (Å²) in [6, 6.07) is -0.253. The molecule has 1 aromatic heterocycles. The fraction of sp³-hybridized carbons (Fsp3) is 0.625. The van der Waals surface area contributed by atoms with Gasteiger partial charge in [0.15, 0.2) is 3.95 Å². The van der Waals surface area contributed by atoms with E-state index in [9.17, 15) is 4.79 Å². The molecule has 0 unspecified atom stereocenters. The summed E-state index contributed by atoms with van der Waals surface area (Å²) >= 11 is 6.07. The normalized spacial score (nSPS) is 10.4. The monoisotopic (exact) mass is 261 g/mol. The number of carbonyl (C=O) groups excluding carboxylic acids is 1. The molecule has 0 saturated carbocycles. The number of amides is 2. The Bertz CT molecular complexity index is 386. The Kier molecular flexibility index (Phi) is 5.36. The van der Waals surface area contributed by atoms with Gasteiger partial charge in [0, 0.05) is 6.54 Å². The van der Waals surface area contributed by atoms with Gasteiger partial charge < -0.3 is 10.2 Å². The number of aromatic amines is 1. The van der Waals surface area contributed by atoms with Gasteiger partial charge in [-0.05, 0) is 39.3 Å². The summed E-state index contributed by atoms with van der Waals surface area (Å²) in [6.07, 6.45) is 0.913. The topological polar surface area (TPSA) is 73.1 Å². The summed E-state index contributed by atoms with van der Waals surface area (Å²) in [5, 5.41) is 12.2. The van der Waals surface area contributed by atoms with Crippen LogP contribution in [-0.4, -0.2) is 48.3 Å². The third-order valence-electron chi connectivity index (χ3n) is 1.73. The molecule has 0 atom stereocenters. The molecule has 2 amide bonds. The average molecular weight is 261 g/mol. The van der Waals surface area contributed by atoms with Crippen LogP contribution in [0.25, 0.3) is 0 Å². The molecule has 0 aliphatic rings. The lowest BCUT2D eigenvalue weighted by molar-refractivity contribution is 0.251. The molecule has 0 aliphatic heterocycles. The quantitative estimate of drug-likeness (QED) is 0.551. The first-order chi connectivity index (χ1) is 7.58. The van der Waals surface area contributed by atoms with Gasteiger partial charge in [-0.15, -0.1) is 5.10 Å². The molecule has 16 heavy (non-hydrogen) atoms. The maximum absolute atomic E-state index is 11.3. The Balaban J connectivity index is 2.19. The summed E-state index contributed by atoms with van der Waals surface area (Å²) in [5.74, 6) is 0. The van der Waals surface area contributed by atoms with Gasteiger partial charge in [-0.25, -0.2) is 4.79 Å². The number of urea groups is 1. The van der Waals surface area contributed by atoms with Crippen molar-refractivity contribution in [2.75, 3.05) is 32.5 Å². The van der Waals surface area contributed by atoms with Crippen LogP contribution in [0.4, 0.5) is 9.93 Å². The molecule has 0 spiro atoms.